The molecule has 0 radical (unpaired) electrons. The number of aromatic nitrogens is 3. The molecule has 7 nitrogen and oxygen atoms in total. The van der Waals surface area contributed by atoms with Gasteiger partial charge in [0.25, 0.3) is 17.0 Å². The van der Waals surface area contributed by atoms with Crippen LogP contribution in [0.3, 0.4) is 0 Å². The third-order valence-corrected chi connectivity index (χ3v) is 5.53. The number of nitrogens with zero attached hydrogens (tertiary/aromatic N) is 3. The quantitative estimate of drug-likeness (QED) is 0.689. The average Bonchev–Trinajstić information content (AvgIpc) is 3.10. The molecule has 3 heterocycles. The minimum absolute atomic E-state index is 0.111. The summed E-state index contributed by atoms with van der Waals surface area (Å²) >= 11 is 1.33. The molecule has 0 saturated heterocycles. The van der Waals surface area contributed by atoms with E-state index in [1.807, 2.05) is 0 Å². The first-order valence-electron chi connectivity index (χ1n) is 9.20. The van der Waals surface area contributed by atoms with Crippen molar-refractivity contribution < 1.29 is 4.79 Å². The van der Waals surface area contributed by atoms with Crippen molar-refractivity contribution in [2.75, 3.05) is 7.05 Å². The van der Waals surface area contributed by atoms with E-state index in [2.05, 4.69) is 23.8 Å². The van der Waals surface area contributed by atoms with Gasteiger partial charge in [-0.15, -0.1) is 11.3 Å². The normalized spacial score (nSPS) is 11.3. The van der Waals surface area contributed by atoms with Crippen molar-refractivity contribution in [3.63, 3.8) is 0 Å². The van der Waals surface area contributed by atoms with E-state index in [-0.39, 0.29) is 29.1 Å². The highest BCUT2D eigenvalue weighted by molar-refractivity contribution is 7.17. The summed E-state index contributed by atoms with van der Waals surface area (Å²) in [4.78, 5) is 46.5. The summed E-state index contributed by atoms with van der Waals surface area (Å²) in [6, 6.07) is 3.57. The highest BCUT2D eigenvalue weighted by Gasteiger charge is 2.20. The number of H-pyrrole nitrogens is 1. The van der Waals surface area contributed by atoms with Gasteiger partial charge in [-0.1, -0.05) is 13.8 Å². The second kappa shape index (κ2) is 8.10. The SMILES string of the molecule is Cc1ccn(CCC(C)C)c(=O)c1C(=O)N(C)Cc1nc2ccsc2c(=O)[nH]1. The number of fused-ring (bicyclic) bond motifs is 1. The number of amides is 1. The Balaban J connectivity index is 1.87. The predicted octanol–water partition coefficient (Wildman–Crippen LogP) is 2.77. The number of hydrogen-bond donors (Lipinski definition) is 1. The number of aryl methyl sites for hydroxylation is 2. The van der Waals surface area contributed by atoms with Crippen LogP contribution in [0.4, 0.5) is 0 Å². The maximum Gasteiger partial charge on any atom is 0.268 e. The molecule has 3 aromatic rings. The highest BCUT2D eigenvalue weighted by Crippen LogP contribution is 2.14. The van der Waals surface area contributed by atoms with Crippen molar-refractivity contribution in [1.82, 2.24) is 19.4 Å². The van der Waals surface area contributed by atoms with Gasteiger partial charge in [-0.05, 0) is 42.3 Å². The molecule has 0 aliphatic rings. The molecule has 0 fully saturated rings. The molecule has 0 atom stereocenters. The molecule has 148 valence electrons. The molecule has 1 N–H and O–H groups in total. The van der Waals surface area contributed by atoms with Crippen molar-refractivity contribution in [3.8, 4) is 0 Å². The molecule has 28 heavy (non-hydrogen) atoms. The van der Waals surface area contributed by atoms with Crippen LogP contribution < -0.4 is 11.1 Å². The average molecular weight is 401 g/mol. The van der Waals surface area contributed by atoms with Gasteiger partial charge in [0, 0.05) is 19.8 Å². The Morgan fingerprint density at radius 1 is 1.32 bits per heavy atom. The minimum atomic E-state index is -0.380. The molecule has 3 rings (SSSR count). The van der Waals surface area contributed by atoms with Crippen LogP contribution in [-0.2, 0) is 13.1 Å². The first-order chi connectivity index (χ1) is 13.3. The number of thiophene rings is 1. The van der Waals surface area contributed by atoms with Crippen LogP contribution in [0.15, 0.2) is 33.3 Å². The van der Waals surface area contributed by atoms with E-state index in [0.717, 1.165) is 6.42 Å². The van der Waals surface area contributed by atoms with E-state index in [9.17, 15) is 14.4 Å². The van der Waals surface area contributed by atoms with Crippen molar-refractivity contribution >= 4 is 27.5 Å². The van der Waals surface area contributed by atoms with Crippen LogP contribution >= 0.6 is 11.3 Å². The van der Waals surface area contributed by atoms with Gasteiger partial charge in [-0.3, -0.25) is 14.4 Å². The maximum absolute atomic E-state index is 13.0. The molecule has 0 bridgehead atoms. The van der Waals surface area contributed by atoms with Crippen LogP contribution in [0.5, 0.6) is 0 Å². The Labute approximate surface area is 166 Å². The molecule has 0 spiro atoms. The van der Waals surface area contributed by atoms with Crippen LogP contribution in [0.2, 0.25) is 0 Å². The zero-order valence-corrected chi connectivity index (χ0v) is 17.3. The van der Waals surface area contributed by atoms with E-state index < -0.39 is 0 Å². The standard InChI is InChI=1S/C20H24N4O3S/c1-12(2)5-8-24-9-6-13(3)16(20(24)27)19(26)23(4)11-15-21-14-7-10-28-17(14)18(25)22-15/h6-7,9-10,12H,5,8,11H2,1-4H3,(H,21,22,25). The number of hydrogen-bond acceptors (Lipinski definition) is 5. The molecule has 0 aromatic carbocycles. The predicted molar refractivity (Wildman–Crippen MR) is 111 cm³/mol. The largest absolute Gasteiger partial charge is 0.334 e. The van der Waals surface area contributed by atoms with Crippen LogP contribution in [0, 0.1) is 12.8 Å². The summed E-state index contributed by atoms with van der Waals surface area (Å²) in [6.07, 6.45) is 2.60. The second-order valence-corrected chi connectivity index (χ2v) is 8.28. The summed E-state index contributed by atoms with van der Waals surface area (Å²) in [6.45, 7) is 6.63. The van der Waals surface area contributed by atoms with Gasteiger partial charge in [0.15, 0.2) is 0 Å². The van der Waals surface area contributed by atoms with Crippen LogP contribution in [0.25, 0.3) is 10.2 Å². The van der Waals surface area contributed by atoms with Gasteiger partial charge in [-0.2, -0.15) is 0 Å². The van der Waals surface area contributed by atoms with Gasteiger partial charge in [0.05, 0.1) is 12.1 Å². The second-order valence-electron chi connectivity index (χ2n) is 7.36. The minimum Gasteiger partial charge on any atom is -0.334 e. The van der Waals surface area contributed by atoms with Crippen LogP contribution in [-0.4, -0.2) is 32.4 Å². The lowest BCUT2D eigenvalue weighted by molar-refractivity contribution is 0.0778. The smallest absolute Gasteiger partial charge is 0.268 e. The van der Waals surface area contributed by atoms with E-state index in [0.29, 0.717) is 34.1 Å². The molecule has 3 aromatic heterocycles. The molecule has 1 amide bonds. The molecule has 0 aliphatic carbocycles. The van der Waals surface area contributed by atoms with Crippen LogP contribution in [0.1, 0.15) is 42.0 Å². The molecule has 0 aliphatic heterocycles. The molecular weight excluding hydrogens is 376 g/mol. The third-order valence-electron chi connectivity index (χ3n) is 4.63. The fraction of sp³-hybridized carbons (Fsp3) is 0.400. The van der Waals surface area contributed by atoms with Crippen molar-refractivity contribution in [2.24, 2.45) is 5.92 Å². The third kappa shape index (κ3) is 4.06. The van der Waals surface area contributed by atoms with E-state index >= 15 is 0 Å². The molecule has 8 heteroatoms. The van der Waals surface area contributed by atoms with Gasteiger partial charge >= 0.3 is 0 Å². The first kappa shape index (κ1) is 20.0. The molecule has 0 unspecified atom stereocenters. The lowest BCUT2D eigenvalue weighted by Crippen LogP contribution is -2.35. The Hall–Kier alpha value is -2.74. The zero-order valence-electron chi connectivity index (χ0n) is 16.5. The summed E-state index contributed by atoms with van der Waals surface area (Å²) in [5.74, 6) is 0.472. The van der Waals surface area contributed by atoms with Gasteiger partial charge in [-0.25, -0.2) is 4.98 Å². The van der Waals surface area contributed by atoms with Gasteiger partial charge < -0.3 is 14.5 Å². The monoisotopic (exact) mass is 400 g/mol. The van der Waals surface area contributed by atoms with E-state index in [1.54, 1.807) is 42.2 Å². The Morgan fingerprint density at radius 2 is 2.07 bits per heavy atom. The number of pyridine rings is 1. The summed E-state index contributed by atoms with van der Waals surface area (Å²) in [7, 11) is 1.60. The summed E-state index contributed by atoms with van der Waals surface area (Å²) in [5.41, 5.74) is 0.900. The first-order valence-corrected chi connectivity index (χ1v) is 10.1. The van der Waals surface area contributed by atoms with Gasteiger partial charge in [0.2, 0.25) is 0 Å². The lowest BCUT2D eigenvalue weighted by Gasteiger charge is -2.18. The van der Waals surface area contributed by atoms with Crippen molar-refractivity contribution in [1.29, 1.82) is 0 Å². The van der Waals surface area contributed by atoms with E-state index in [1.165, 1.54) is 16.2 Å². The lowest BCUT2D eigenvalue weighted by atomic mass is 10.1. The fourth-order valence-electron chi connectivity index (χ4n) is 2.98. The molecular formula is C20H24N4O3S. The number of nitrogens with one attached hydrogen (secondary N) is 1. The van der Waals surface area contributed by atoms with Crippen molar-refractivity contribution in [3.05, 3.63) is 61.4 Å². The Bertz CT molecular complexity index is 1130. The number of carbonyl (C=O) groups excluding carboxylic acids is 1. The van der Waals surface area contributed by atoms with E-state index in [4.69, 9.17) is 0 Å². The Kier molecular flexibility index (Phi) is 5.79. The zero-order chi connectivity index (χ0) is 20.4. The Morgan fingerprint density at radius 3 is 2.79 bits per heavy atom. The number of carbonyl (C=O) groups is 1. The summed E-state index contributed by atoms with van der Waals surface area (Å²) in [5, 5.41) is 1.80. The van der Waals surface area contributed by atoms with Crippen molar-refractivity contribution in [2.45, 2.75) is 40.3 Å². The number of rotatable bonds is 6. The summed E-state index contributed by atoms with van der Waals surface area (Å²) < 4.78 is 2.15. The highest BCUT2D eigenvalue weighted by atomic mass is 32.1. The number of aromatic amines is 1. The van der Waals surface area contributed by atoms with Gasteiger partial charge in [0.1, 0.15) is 16.1 Å². The fourth-order valence-corrected chi connectivity index (χ4v) is 3.71. The molecule has 0 saturated carbocycles. The topological polar surface area (TPSA) is 88.1 Å². The maximum atomic E-state index is 13.0.